The summed E-state index contributed by atoms with van der Waals surface area (Å²) in [6.07, 6.45) is 13.1. The highest BCUT2D eigenvalue weighted by Gasteiger charge is 2.40. The van der Waals surface area contributed by atoms with Crippen molar-refractivity contribution in [2.75, 3.05) is 45.9 Å². The van der Waals surface area contributed by atoms with Crippen molar-refractivity contribution in [1.82, 2.24) is 34.6 Å². The molecule has 11 heteroatoms. The Morgan fingerprint density at radius 3 is 2.65 bits per heavy atom. The van der Waals surface area contributed by atoms with E-state index in [1.165, 1.54) is 58.1 Å². The third-order valence-corrected chi connectivity index (χ3v) is 8.84. The first-order chi connectivity index (χ1) is 20.8. The van der Waals surface area contributed by atoms with Gasteiger partial charge >= 0.3 is 5.97 Å². The minimum absolute atomic E-state index is 0.0735. The molecule has 0 amide bonds. The molecule has 1 unspecified atom stereocenters. The summed E-state index contributed by atoms with van der Waals surface area (Å²) in [6.45, 7) is 12.5. The van der Waals surface area contributed by atoms with Crippen LogP contribution >= 0.6 is 0 Å². The molecule has 10 nitrogen and oxygen atoms in total. The number of nitrogens with one attached hydrogen (secondary N) is 2. The molecule has 0 saturated carbocycles. The number of carboxylic acids is 1. The molecule has 43 heavy (non-hydrogen) atoms. The molecule has 2 saturated heterocycles. The van der Waals surface area contributed by atoms with Crippen molar-refractivity contribution in [3.63, 3.8) is 0 Å². The molecule has 0 aliphatic carbocycles. The summed E-state index contributed by atoms with van der Waals surface area (Å²) in [5.41, 5.74) is 1.28. The maximum absolute atomic E-state index is 14.2. The summed E-state index contributed by atoms with van der Waals surface area (Å²) in [7, 11) is 0. The smallest absolute Gasteiger partial charge is 0.341 e. The van der Waals surface area contributed by atoms with Gasteiger partial charge in [-0.3, -0.25) is 0 Å². The van der Waals surface area contributed by atoms with Crippen LogP contribution < -0.4 is 10.1 Å². The Morgan fingerprint density at radius 2 is 1.93 bits per heavy atom. The van der Waals surface area contributed by atoms with E-state index < -0.39 is 18.4 Å². The highest BCUT2D eigenvalue weighted by molar-refractivity contribution is 5.68. The summed E-state index contributed by atoms with van der Waals surface area (Å²) in [5.74, 6) is 0.690. The molecule has 0 radical (unpaired) electrons. The fraction of sp³-hybridized carbons (Fsp3) is 0.594. The third kappa shape index (κ3) is 8.64. The number of piperidine rings is 1. The zero-order valence-electron chi connectivity index (χ0n) is 25.5. The zero-order chi connectivity index (χ0) is 30.2. The first kappa shape index (κ1) is 31.2. The van der Waals surface area contributed by atoms with Gasteiger partial charge in [0.15, 0.2) is 18.2 Å². The molecular formula is C32H46FN7O3. The van der Waals surface area contributed by atoms with Gasteiger partial charge in [-0.25, -0.2) is 19.2 Å². The second-order valence-electron chi connectivity index (χ2n) is 12.7. The van der Waals surface area contributed by atoms with Gasteiger partial charge in [0.25, 0.3) is 0 Å². The average Bonchev–Trinajstić information content (AvgIpc) is 3.75. The maximum atomic E-state index is 14.2. The topological polar surface area (TPSA) is 112 Å². The van der Waals surface area contributed by atoms with Gasteiger partial charge in [0.1, 0.15) is 11.6 Å². The number of aliphatic carboxylic acids is 1. The quantitative estimate of drug-likeness (QED) is 0.241. The van der Waals surface area contributed by atoms with Gasteiger partial charge in [-0.1, -0.05) is 19.9 Å². The summed E-state index contributed by atoms with van der Waals surface area (Å²) < 4.78 is 21.5. The van der Waals surface area contributed by atoms with Crippen molar-refractivity contribution in [2.45, 2.75) is 65.1 Å². The Balaban J connectivity index is 1.17. The van der Waals surface area contributed by atoms with E-state index in [2.05, 4.69) is 43.5 Å². The van der Waals surface area contributed by atoms with Crippen LogP contribution in [0.2, 0.25) is 0 Å². The zero-order valence-corrected chi connectivity index (χ0v) is 25.5. The van der Waals surface area contributed by atoms with Crippen LogP contribution in [-0.4, -0.2) is 86.3 Å². The predicted octanol–water partition coefficient (Wildman–Crippen LogP) is 4.12. The van der Waals surface area contributed by atoms with Crippen molar-refractivity contribution in [1.29, 1.82) is 0 Å². The molecule has 2 aromatic heterocycles. The van der Waals surface area contributed by atoms with E-state index >= 15 is 0 Å². The summed E-state index contributed by atoms with van der Waals surface area (Å²) in [5, 5.41) is 12.5. The van der Waals surface area contributed by atoms with E-state index in [-0.39, 0.29) is 11.8 Å². The summed E-state index contributed by atoms with van der Waals surface area (Å²) in [6, 6.07) is 4.37. The van der Waals surface area contributed by atoms with Gasteiger partial charge in [-0.05, 0) is 80.9 Å². The number of benzene rings is 1. The Kier molecular flexibility index (Phi) is 10.5. The highest BCUT2D eigenvalue weighted by atomic mass is 19.1. The van der Waals surface area contributed by atoms with Crippen molar-refractivity contribution in [3.05, 3.63) is 66.0 Å². The van der Waals surface area contributed by atoms with Crippen LogP contribution in [0.1, 0.15) is 62.8 Å². The van der Waals surface area contributed by atoms with Gasteiger partial charge in [-0.15, -0.1) is 0 Å². The van der Waals surface area contributed by atoms with Crippen molar-refractivity contribution in [3.8, 4) is 5.75 Å². The molecule has 1 atom stereocenters. The number of rotatable bonds is 15. The lowest BCUT2D eigenvalue weighted by Gasteiger charge is -2.40. The number of hydrogen-bond acceptors (Lipinski definition) is 7. The number of imidazole rings is 2. The van der Waals surface area contributed by atoms with Gasteiger partial charge in [0, 0.05) is 57.4 Å². The van der Waals surface area contributed by atoms with E-state index in [0.29, 0.717) is 18.4 Å². The van der Waals surface area contributed by atoms with Crippen LogP contribution in [0.3, 0.4) is 0 Å². The lowest BCUT2D eigenvalue weighted by atomic mass is 9.77. The molecule has 0 bridgehead atoms. The van der Waals surface area contributed by atoms with Crippen LogP contribution in [0.15, 0.2) is 43.0 Å². The lowest BCUT2D eigenvalue weighted by molar-refractivity contribution is -0.139. The van der Waals surface area contributed by atoms with E-state index in [0.717, 1.165) is 42.6 Å². The van der Waals surface area contributed by atoms with Crippen LogP contribution in [-0.2, 0) is 24.3 Å². The normalized spacial score (nSPS) is 18.0. The summed E-state index contributed by atoms with van der Waals surface area (Å²) >= 11 is 0. The number of nitrogens with zero attached hydrogens (tertiary/aromatic N) is 5. The number of aryl methyl sites for hydroxylation is 1. The van der Waals surface area contributed by atoms with E-state index in [1.807, 2.05) is 18.6 Å². The molecule has 2 aliphatic heterocycles. The number of halogens is 1. The molecule has 3 aromatic rings. The molecular weight excluding hydrogens is 549 g/mol. The molecule has 3 N–H and O–H groups in total. The number of ether oxygens (including phenoxy) is 1. The van der Waals surface area contributed by atoms with Crippen molar-refractivity contribution < 1.29 is 19.0 Å². The minimum atomic E-state index is -1.15. The SMILES string of the molecule is CC(C)CN1CCC2(CC1)CCN(CCCn1ccnc1C(Cc1ncc[nH]1)NCc1ccc(F)c(OCC(=O)O)c1)C2. The molecule has 1 spiro atoms. The molecule has 1 aromatic carbocycles. The maximum Gasteiger partial charge on any atom is 0.341 e. The first-order valence-corrected chi connectivity index (χ1v) is 15.6. The van der Waals surface area contributed by atoms with Gasteiger partial charge < -0.3 is 34.5 Å². The predicted molar refractivity (Wildman–Crippen MR) is 162 cm³/mol. The number of hydrogen-bond donors (Lipinski definition) is 3. The molecule has 4 heterocycles. The Labute approximate surface area is 253 Å². The van der Waals surface area contributed by atoms with Crippen LogP contribution in [0.5, 0.6) is 5.75 Å². The molecule has 2 fully saturated rings. The van der Waals surface area contributed by atoms with Gasteiger partial charge in [0.2, 0.25) is 0 Å². The number of carboxylic acid groups (broad SMARTS) is 1. The Morgan fingerprint density at radius 1 is 1.14 bits per heavy atom. The standard InChI is InChI=1S/C32H46FN7O3/c1-24(2)21-38-14-6-32(7-15-38)8-16-39(23-32)12-3-13-40-17-11-36-31(40)27(19-29-34-9-10-35-29)37-20-25-4-5-26(33)28(18-25)43-22-30(41)42/h4-5,9-11,17-18,24,27,37H,3,6-8,12-16,19-23H2,1-2H3,(H,34,35)(H,41,42). The number of likely N-dealkylation sites (tertiary alicyclic amines) is 2. The molecule has 234 valence electrons. The van der Waals surface area contributed by atoms with Crippen LogP contribution in [0.4, 0.5) is 4.39 Å². The van der Waals surface area contributed by atoms with E-state index in [4.69, 9.17) is 14.8 Å². The molecule has 2 aliphatic rings. The summed E-state index contributed by atoms with van der Waals surface area (Å²) in [4.78, 5) is 28.5. The third-order valence-electron chi connectivity index (χ3n) is 8.84. The van der Waals surface area contributed by atoms with Crippen molar-refractivity contribution in [2.24, 2.45) is 11.3 Å². The first-order valence-electron chi connectivity index (χ1n) is 15.6. The van der Waals surface area contributed by atoms with Crippen LogP contribution in [0.25, 0.3) is 0 Å². The minimum Gasteiger partial charge on any atom is -0.479 e. The fourth-order valence-electron chi connectivity index (χ4n) is 6.64. The second-order valence-corrected chi connectivity index (χ2v) is 12.7. The Bertz CT molecular complexity index is 1300. The largest absolute Gasteiger partial charge is 0.479 e. The van der Waals surface area contributed by atoms with E-state index in [9.17, 15) is 9.18 Å². The second kappa shape index (κ2) is 14.5. The number of H-pyrrole nitrogens is 1. The lowest BCUT2D eigenvalue weighted by Crippen LogP contribution is -2.42. The van der Waals surface area contributed by atoms with Crippen molar-refractivity contribution >= 4 is 5.97 Å². The van der Waals surface area contributed by atoms with Crippen LogP contribution in [0, 0.1) is 17.2 Å². The monoisotopic (exact) mass is 595 g/mol. The highest BCUT2D eigenvalue weighted by Crippen LogP contribution is 2.40. The van der Waals surface area contributed by atoms with Gasteiger partial charge in [-0.2, -0.15) is 0 Å². The number of aromatic nitrogens is 4. The average molecular weight is 596 g/mol. The Hall–Kier alpha value is -3.28. The number of aromatic amines is 1. The van der Waals surface area contributed by atoms with Gasteiger partial charge in [0.05, 0.1) is 6.04 Å². The van der Waals surface area contributed by atoms with E-state index in [1.54, 1.807) is 18.3 Å². The fourth-order valence-corrected chi connectivity index (χ4v) is 6.64. The molecule has 5 rings (SSSR count). The number of carbonyl (C=O) groups is 1.